The van der Waals surface area contributed by atoms with Crippen molar-refractivity contribution >= 4 is 11.6 Å². The maximum atomic E-state index is 12.7. The van der Waals surface area contributed by atoms with Gasteiger partial charge in [-0.25, -0.2) is 0 Å². The molecule has 0 heterocycles. The van der Waals surface area contributed by atoms with Crippen molar-refractivity contribution in [2.24, 2.45) is 17.1 Å². The number of anilines is 1. The summed E-state index contributed by atoms with van der Waals surface area (Å²) in [7, 11) is 1.59. The highest BCUT2D eigenvalue weighted by Crippen LogP contribution is 2.43. The van der Waals surface area contributed by atoms with E-state index in [2.05, 4.69) is 38.2 Å². The maximum absolute atomic E-state index is 12.7. The molecule has 32 heavy (non-hydrogen) atoms. The second kappa shape index (κ2) is 10.9. The van der Waals surface area contributed by atoms with E-state index in [1.165, 1.54) is 31.2 Å². The molecule has 0 aromatic heterocycles. The predicted molar refractivity (Wildman–Crippen MR) is 130 cm³/mol. The van der Waals surface area contributed by atoms with Crippen molar-refractivity contribution in [3.05, 3.63) is 53.6 Å². The smallest absolute Gasteiger partial charge is 0.228 e. The number of carbonyl (C=O) groups excluding carboxylic acids is 1. The lowest BCUT2D eigenvalue weighted by atomic mass is 9.68. The fraction of sp³-hybridized carbons (Fsp3) is 0.519. The molecule has 1 amide bonds. The number of rotatable bonds is 8. The summed E-state index contributed by atoms with van der Waals surface area (Å²) in [6.07, 6.45) is 5.26. The Morgan fingerprint density at radius 3 is 2.47 bits per heavy atom. The number of methoxy groups -OCH3 is 1. The van der Waals surface area contributed by atoms with Crippen LogP contribution in [0.1, 0.15) is 63.5 Å². The van der Waals surface area contributed by atoms with Gasteiger partial charge in [-0.15, -0.1) is 0 Å². The van der Waals surface area contributed by atoms with Crippen molar-refractivity contribution in [3.63, 3.8) is 0 Å². The van der Waals surface area contributed by atoms with Gasteiger partial charge >= 0.3 is 0 Å². The van der Waals surface area contributed by atoms with Gasteiger partial charge in [0.2, 0.25) is 5.91 Å². The van der Waals surface area contributed by atoms with E-state index in [-0.39, 0.29) is 12.3 Å². The summed E-state index contributed by atoms with van der Waals surface area (Å²) in [5, 5.41) is 3.06. The molecular formula is C27H38N2O3. The molecular weight excluding hydrogens is 400 g/mol. The highest BCUT2D eigenvalue weighted by molar-refractivity contribution is 5.92. The van der Waals surface area contributed by atoms with E-state index in [4.69, 9.17) is 15.2 Å². The Labute approximate surface area is 192 Å². The standard InChI is InChI=1S/C27H38N2O3/c1-27(2,3)22-11-9-20(10-12-22)21-6-5-7-23(18-21)29-26(30)17-19-8-13-24(32-15-14-28)25(16-19)31-4/h5-8,13,16,18,20,22H,9-12,14-15,17,28H2,1-4H3,(H,29,30)/t20-,22-. The summed E-state index contributed by atoms with van der Waals surface area (Å²) in [5.41, 5.74) is 8.95. The topological polar surface area (TPSA) is 73.6 Å². The fourth-order valence-electron chi connectivity index (χ4n) is 4.66. The van der Waals surface area contributed by atoms with Gasteiger partial charge in [0.05, 0.1) is 13.5 Å². The largest absolute Gasteiger partial charge is 0.493 e. The number of hydrogen-bond donors (Lipinski definition) is 2. The Balaban J connectivity index is 1.59. The Hall–Kier alpha value is -2.53. The predicted octanol–water partition coefficient (Wildman–Crippen LogP) is 5.53. The Morgan fingerprint density at radius 1 is 1.06 bits per heavy atom. The Kier molecular flexibility index (Phi) is 8.19. The molecule has 5 nitrogen and oxygen atoms in total. The minimum Gasteiger partial charge on any atom is -0.493 e. The lowest BCUT2D eigenvalue weighted by Crippen LogP contribution is -2.25. The highest BCUT2D eigenvalue weighted by Gasteiger charge is 2.30. The molecule has 5 heteroatoms. The molecule has 0 radical (unpaired) electrons. The van der Waals surface area contributed by atoms with Gasteiger partial charge in [0.15, 0.2) is 11.5 Å². The molecule has 2 aromatic rings. The fourth-order valence-corrected chi connectivity index (χ4v) is 4.66. The van der Waals surface area contributed by atoms with Crippen molar-refractivity contribution in [3.8, 4) is 11.5 Å². The summed E-state index contributed by atoms with van der Waals surface area (Å²) in [5.74, 6) is 2.57. The van der Waals surface area contributed by atoms with E-state index >= 15 is 0 Å². The van der Waals surface area contributed by atoms with Crippen molar-refractivity contribution in [2.75, 3.05) is 25.6 Å². The SMILES string of the molecule is COc1cc(CC(=O)Nc2cccc([C@H]3CC[C@H](C(C)(C)C)CC3)c2)ccc1OCCN. The molecule has 2 aromatic carbocycles. The Bertz CT molecular complexity index is 896. The van der Waals surface area contributed by atoms with Crippen LogP contribution in [-0.4, -0.2) is 26.2 Å². The Morgan fingerprint density at radius 2 is 1.81 bits per heavy atom. The highest BCUT2D eigenvalue weighted by atomic mass is 16.5. The molecule has 0 atom stereocenters. The zero-order chi connectivity index (χ0) is 23.1. The molecule has 1 aliphatic rings. The minimum atomic E-state index is -0.0451. The van der Waals surface area contributed by atoms with Crippen LogP contribution in [0.3, 0.4) is 0 Å². The summed E-state index contributed by atoms with van der Waals surface area (Å²) in [6, 6.07) is 13.9. The van der Waals surface area contributed by atoms with Crippen molar-refractivity contribution in [1.82, 2.24) is 0 Å². The first-order chi connectivity index (χ1) is 15.3. The third kappa shape index (κ3) is 6.49. The number of nitrogens with one attached hydrogen (secondary N) is 1. The van der Waals surface area contributed by atoms with Gasteiger partial charge in [0.1, 0.15) is 6.61 Å². The van der Waals surface area contributed by atoms with Gasteiger partial charge in [-0.2, -0.15) is 0 Å². The quantitative estimate of drug-likeness (QED) is 0.568. The van der Waals surface area contributed by atoms with E-state index in [0.717, 1.165) is 17.2 Å². The van der Waals surface area contributed by atoms with E-state index < -0.39 is 0 Å². The average Bonchev–Trinajstić information content (AvgIpc) is 2.77. The summed E-state index contributed by atoms with van der Waals surface area (Å²) in [6.45, 7) is 7.91. The second-order valence-electron chi connectivity index (χ2n) is 9.89. The van der Waals surface area contributed by atoms with Crippen molar-refractivity contribution < 1.29 is 14.3 Å². The van der Waals surface area contributed by atoms with Crippen LogP contribution in [-0.2, 0) is 11.2 Å². The summed E-state index contributed by atoms with van der Waals surface area (Å²) >= 11 is 0. The molecule has 1 aliphatic carbocycles. The third-order valence-electron chi connectivity index (χ3n) is 6.56. The van der Waals surface area contributed by atoms with Crippen molar-refractivity contribution in [1.29, 1.82) is 0 Å². The molecule has 1 fully saturated rings. The third-order valence-corrected chi connectivity index (χ3v) is 6.56. The van der Waals surface area contributed by atoms with Crippen molar-refractivity contribution in [2.45, 2.75) is 58.8 Å². The number of hydrogen-bond acceptors (Lipinski definition) is 4. The molecule has 0 aliphatic heterocycles. The van der Waals surface area contributed by atoms with E-state index in [1.54, 1.807) is 7.11 Å². The van der Waals surface area contributed by atoms with Gasteiger partial charge in [0.25, 0.3) is 0 Å². The first kappa shape index (κ1) is 24.1. The molecule has 1 saturated carbocycles. The summed E-state index contributed by atoms with van der Waals surface area (Å²) < 4.78 is 11.0. The van der Waals surface area contributed by atoms with Crippen LogP contribution in [0.15, 0.2) is 42.5 Å². The maximum Gasteiger partial charge on any atom is 0.228 e. The monoisotopic (exact) mass is 438 g/mol. The lowest BCUT2D eigenvalue weighted by Gasteiger charge is -2.37. The van der Waals surface area contributed by atoms with E-state index in [9.17, 15) is 4.79 Å². The molecule has 3 N–H and O–H groups in total. The van der Waals surface area contributed by atoms with Gasteiger partial charge in [-0.1, -0.05) is 39.0 Å². The summed E-state index contributed by atoms with van der Waals surface area (Å²) in [4.78, 5) is 12.7. The number of carbonyl (C=O) groups is 1. The molecule has 0 spiro atoms. The molecule has 0 unspecified atom stereocenters. The second-order valence-corrected chi connectivity index (χ2v) is 9.89. The molecule has 0 bridgehead atoms. The molecule has 174 valence electrons. The van der Waals surface area contributed by atoms with Crippen LogP contribution in [0.25, 0.3) is 0 Å². The van der Waals surface area contributed by atoms with Gasteiger partial charge in [-0.3, -0.25) is 4.79 Å². The van der Waals surface area contributed by atoms with Crippen LogP contribution in [0, 0.1) is 11.3 Å². The van der Waals surface area contributed by atoms with Crippen LogP contribution < -0.4 is 20.5 Å². The van der Waals surface area contributed by atoms with Gasteiger partial charge < -0.3 is 20.5 Å². The minimum absolute atomic E-state index is 0.0451. The van der Waals surface area contributed by atoms with E-state index in [1.807, 2.05) is 30.3 Å². The number of ether oxygens (including phenoxy) is 2. The average molecular weight is 439 g/mol. The van der Waals surface area contributed by atoms with Crippen LogP contribution in [0.2, 0.25) is 0 Å². The van der Waals surface area contributed by atoms with Gasteiger partial charge in [0, 0.05) is 12.2 Å². The lowest BCUT2D eigenvalue weighted by molar-refractivity contribution is -0.115. The van der Waals surface area contributed by atoms with Crippen LogP contribution in [0.4, 0.5) is 5.69 Å². The number of nitrogens with two attached hydrogens (primary N) is 1. The molecule has 0 saturated heterocycles. The molecule has 3 rings (SSSR count). The van der Waals surface area contributed by atoms with Gasteiger partial charge in [-0.05, 0) is 78.3 Å². The number of benzene rings is 2. The first-order valence-electron chi connectivity index (χ1n) is 11.7. The number of amides is 1. The van der Waals surface area contributed by atoms with Crippen LogP contribution >= 0.6 is 0 Å². The van der Waals surface area contributed by atoms with E-state index in [0.29, 0.717) is 36.0 Å². The zero-order valence-electron chi connectivity index (χ0n) is 19.9. The van der Waals surface area contributed by atoms with Crippen LogP contribution in [0.5, 0.6) is 11.5 Å². The first-order valence-corrected chi connectivity index (χ1v) is 11.7. The zero-order valence-corrected chi connectivity index (χ0v) is 19.9. The normalized spacial score (nSPS) is 18.8.